The van der Waals surface area contributed by atoms with Gasteiger partial charge in [0, 0.05) is 4.47 Å². The maximum Gasteiger partial charge on any atom is 0.200 e. The lowest BCUT2D eigenvalue weighted by Gasteiger charge is -2.05. The van der Waals surface area contributed by atoms with Crippen molar-refractivity contribution in [3.8, 4) is 11.1 Å². The summed E-state index contributed by atoms with van der Waals surface area (Å²) in [7, 11) is 0. The number of aryl methyl sites for hydroxylation is 1. The molecule has 0 fully saturated rings. The first-order valence-corrected chi connectivity index (χ1v) is 7.62. The van der Waals surface area contributed by atoms with E-state index >= 15 is 0 Å². The van der Waals surface area contributed by atoms with Crippen LogP contribution in [0.1, 0.15) is 5.56 Å². The highest BCUT2D eigenvalue weighted by Gasteiger charge is 2.12. The topological polar surface area (TPSA) is 30.2 Å². The van der Waals surface area contributed by atoms with Crippen LogP contribution in [0.3, 0.4) is 0 Å². The van der Waals surface area contributed by atoms with E-state index in [2.05, 4.69) is 31.9 Å². The Morgan fingerprint density at radius 3 is 2.65 bits per heavy atom. The zero-order chi connectivity index (χ0) is 14.3. The Morgan fingerprint density at radius 2 is 1.90 bits per heavy atom. The van der Waals surface area contributed by atoms with Gasteiger partial charge < -0.3 is 4.42 Å². The summed E-state index contributed by atoms with van der Waals surface area (Å²) in [6, 6.07) is 11.5. The molecule has 1 heterocycles. The summed E-state index contributed by atoms with van der Waals surface area (Å²) in [4.78, 5) is 12.6. The molecule has 0 amide bonds. The Hall–Kier alpha value is -1.39. The van der Waals surface area contributed by atoms with Crippen molar-refractivity contribution in [2.24, 2.45) is 0 Å². The molecule has 0 radical (unpaired) electrons. The maximum absolute atomic E-state index is 12.6. The number of hydrogen-bond donors (Lipinski definition) is 0. The van der Waals surface area contributed by atoms with Gasteiger partial charge >= 0.3 is 0 Å². The molecule has 0 aliphatic carbocycles. The van der Waals surface area contributed by atoms with Crippen molar-refractivity contribution >= 4 is 42.8 Å². The first-order chi connectivity index (χ1) is 9.56. The van der Waals surface area contributed by atoms with Crippen LogP contribution in [0.4, 0.5) is 0 Å². The fourth-order valence-corrected chi connectivity index (χ4v) is 3.50. The van der Waals surface area contributed by atoms with Crippen LogP contribution in [0.5, 0.6) is 0 Å². The number of hydrogen-bond acceptors (Lipinski definition) is 2. The van der Waals surface area contributed by atoms with E-state index in [0.717, 1.165) is 20.1 Å². The van der Waals surface area contributed by atoms with Gasteiger partial charge in [-0.15, -0.1) is 0 Å². The first-order valence-electron chi connectivity index (χ1n) is 6.04. The van der Waals surface area contributed by atoms with Gasteiger partial charge in [-0.05, 0) is 40.5 Å². The largest absolute Gasteiger partial charge is 0.462 e. The van der Waals surface area contributed by atoms with Gasteiger partial charge in [0.25, 0.3) is 0 Å². The number of rotatable bonds is 1. The van der Waals surface area contributed by atoms with Crippen LogP contribution in [0.25, 0.3) is 22.1 Å². The average molecular weight is 394 g/mol. The number of halogens is 2. The van der Waals surface area contributed by atoms with E-state index in [-0.39, 0.29) is 5.43 Å². The van der Waals surface area contributed by atoms with Crippen molar-refractivity contribution in [1.82, 2.24) is 0 Å². The molecule has 3 aromatic rings. The predicted molar refractivity (Wildman–Crippen MR) is 88.1 cm³/mol. The number of fused-ring (bicyclic) bond motifs is 1. The quantitative estimate of drug-likeness (QED) is 0.562. The van der Waals surface area contributed by atoms with Gasteiger partial charge in [-0.3, -0.25) is 4.79 Å². The van der Waals surface area contributed by atoms with Crippen molar-refractivity contribution in [2.75, 3.05) is 0 Å². The van der Waals surface area contributed by atoms with Crippen LogP contribution >= 0.6 is 31.9 Å². The van der Waals surface area contributed by atoms with Crippen LogP contribution in [0.2, 0.25) is 0 Å². The van der Waals surface area contributed by atoms with Crippen LogP contribution in [0.15, 0.2) is 60.8 Å². The standard InChI is InChI=1S/C16H10Br2O2/c1-9-3-2-4-10(5-9)13-8-20-16-12(15(13)19)6-11(17)7-14(16)18/h2-8H,1H3. The molecule has 20 heavy (non-hydrogen) atoms. The molecule has 0 aliphatic rings. The fourth-order valence-electron chi connectivity index (χ4n) is 2.18. The third-order valence-electron chi connectivity index (χ3n) is 3.12. The third-order valence-corrected chi connectivity index (χ3v) is 4.17. The Balaban J connectivity index is 2.34. The molecular formula is C16H10Br2O2. The van der Waals surface area contributed by atoms with Gasteiger partial charge in [-0.1, -0.05) is 45.8 Å². The van der Waals surface area contributed by atoms with Gasteiger partial charge in [0.05, 0.1) is 15.4 Å². The summed E-state index contributed by atoms with van der Waals surface area (Å²) >= 11 is 6.81. The van der Waals surface area contributed by atoms with E-state index in [0.29, 0.717) is 16.5 Å². The van der Waals surface area contributed by atoms with Crippen LogP contribution in [-0.4, -0.2) is 0 Å². The normalized spacial score (nSPS) is 10.9. The molecule has 0 N–H and O–H groups in total. The maximum atomic E-state index is 12.6. The molecule has 2 aromatic carbocycles. The second kappa shape index (κ2) is 5.19. The van der Waals surface area contributed by atoms with Crippen molar-refractivity contribution < 1.29 is 4.42 Å². The fraction of sp³-hybridized carbons (Fsp3) is 0.0625. The van der Waals surface area contributed by atoms with Gasteiger partial charge in [0.2, 0.25) is 5.43 Å². The summed E-state index contributed by atoms with van der Waals surface area (Å²) in [5.74, 6) is 0. The Bertz CT molecular complexity index is 866. The van der Waals surface area contributed by atoms with E-state index in [4.69, 9.17) is 4.42 Å². The molecule has 1 aromatic heterocycles. The molecule has 100 valence electrons. The number of benzene rings is 2. The average Bonchev–Trinajstić information content (AvgIpc) is 2.40. The molecule has 4 heteroatoms. The minimum absolute atomic E-state index is 0.0288. The van der Waals surface area contributed by atoms with E-state index in [1.807, 2.05) is 37.3 Å². The highest BCUT2D eigenvalue weighted by Crippen LogP contribution is 2.29. The van der Waals surface area contributed by atoms with Gasteiger partial charge in [0.15, 0.2) is 5.58 Å². The molecule has 0 saturated carbocycles. The Kier molecular flexibility index (Phi) is 3.52. The summed E-state index contributed by atoms with van der Waals surface area (Å²) in [5, 5.41) is 0.560. The SMILES string of the molecule is Cc1cccc(-c2coc3c(Br)cc(Br)cc3c2=O)c1. The minimum Gasteiger partial charge on any atom is -0.462 e. The van der Waals surface area contributed by atoms with E-state index < -0.39 is 0 Å². The summed E-state index contributed by atoms with van der Waals surface area (Å²) < 4.78 is 7.23. The molecule has 0 spiro atoms. The highest BCUT2D eigenvalue weighted by atomic mass is 79.9. The summed E-state index contributed by atoms with van der Waals surface area (Å²) in [6.07, 6.45) is 1.53. The van der Waals surface area contributed by atoms with E-state index in [1.54, 1.807) is 6.07 Å². The minimum atomic E-state index is -0.0288. The van der Waals surface area contributed by atoms with Crippen molar-refractivity contribution in [1.29, 1.82) is 0 Å². The van der Waals surface area contributed by atoms with Gasteiger partial charge in [-0.2, -0.15) is 0 Å². The van der Waals surface area contributed by atoms with E-state index in [9.17, 15) is 4.79 Å². The molecule has 0 bridgehead atoms. The second-order valence-electron chi connectivity index (χ2n) is 4.61. The summed E-state index contributed by atoms with van der Waals surface area (Å²) in [5.41, 5.74) is 3.09. The Labute approximate surface area is 132 Å². The lowest BCUT2D eigenvalue weighted by atomic mass is 10.0. The van der Waals surface area contributed by atoms with Gasteiger partial charge in [-0.25, -0.2) is 0 Å². The molecule has 0 unspecified atom stereocenters. The smallest absolute Gasteiger partial charge is 0.200 e. The van der Waals surface area contributed by atoms with Crippen LogP contribution in [0, 0.1) is 6.92 Å². The molecule has 0 atom stereocenters. The van der Waals surface area contributed by atoms with Crippen molar-refractivity contribution in [2.45, 2.75) is 6.92 Å². The molecular weight excluding hydrogens is 384 g/mol. The lowest BCUT2D eigenvalue weighted by Crippen LogP contribution is -2.05. The van der Waals surface area contributed by atoms with Crippen molar-refractivity contribution in [3.63, 3.8) is 0 Å². The molecule has 0 saturated heterocycles. The van der Waals surface area contributed by atoms with Crippen molar-refractivity contribution in [3.05, 3.63) is 67.4 Å². The molecule has 0 aliphatic heterocycles. The van der Waals surface area contributed by atoms with E-state index in [1.165, 1.54) is 6.26 Å². The Morgan fingerprint density at radius 1 is 1.10 bits per heavy atom. The second-order valence-corrected chi connectivity index (χ2v) is 6.38. The lowest BCUT2D eigenvalue weighted by molar-refractivity contribution is 0.602. The monoisotopic (exact) mass is 392 g/mol. The van der Waals surface area contributed by atoms with Gasteiger partial charge in [0.1, 0.15) is 6.26 Å². The van der Waals surface area contributed by atoms with Crippen LogP contribution < -0.4 is 5.43 Å². The third kappa shape index (κ3) is 2.34. The zero-order valence-electron chi connectivity index (χ0n) is 10.6. The molecule has 3 rings (SSSR count). The summed E-state index contributed by atoms with van der Waals surface area (Å²) in [6.45, 7) is 2.00. The molecule has 2 nitrogen and oxygen atoms in total. The first kappa shape index (κ1) is 13.6. The predicted octanol–water partition coefficient (Wildman–Crippen LogP) is 5.29. The zero-order valence-corrected chi connectivity index (χ0v) is 13.8. The van der Waals surface area contributed by atoms with Crippen LogP contribution in [-0.2, 0) is 0 Å². The highest BCUT2D eigenvalue weighted by molar-refractivity contribution is 9.11.